The van der Waals surface area contributed by atoms with E-state index in [4.69, 9.17) is 0 Å². The maximum atomic E-state index is 9.83. The summed E-state index contributed by atoms with van der Waals surface area (Å²) in [5.74, 6) is 0. The minimum Gasteiger partial charge on any atom is -0.381 e. The van der Waals surface area contributed by atoms with Crippen LogP contribution in [0.3, 0.4) is 0 Å². The van der Waals surface area contributed by atoms with Crippen molar-refractivity contribution in [1.82, 2.24) is 0 Å². The van der Waals surface area contributed by atoms with Crippen LogP contribution in [-0.4, -0.2) is 5.11 Å². The smallest absolute Gasteiger partial charge is 0.106 e. The average molecular weight is 227 g/mol. The topological polar surface area (TPSA) is 20.2 Å². The van der Waals surface area contributed by atoms with E-state index in [-0.39, 0.29) is 0 Å². The van der Waals surface area contributed by atoms with Crippen molar-refractivity contribution in [2.75, 3.05) is 0 Å². The van der Waals surface area contributed by atoms with Crippen molar-refractivity contribution in [2.45, 2.75) is 12.5 Å². The third kappa shape index (κ3) is 1.76. The highest BCUT2D eigenvalue weighted by Gasteiger charge is 2.20. The second-order valence-corrected chi connectivity index (χ2v) is 3.69. The minimum absolute atomic E-state index is 0.833. The van der Waals surface area contributed by atoms with E-state index < -0.39 is 5.60 Å². The van der Waals surface area contributed by atoms with E-state index in [0.717, 1.165) is 10.0 Å². The zero-order valence-corrected chi connectivity index (χ0v) is 8.51. The Morgan fingerprint density at radius 3 is 2.58 bits per heavy atom. The second kappa shape index (κ2) is 3.42. The second-order valence-electron chi connectivity index (χ2n) is 2.83. The van der Waals surface area contributed by atoms with Crippen LogP contribution >= 0.6 is 15.9 Å². The number of hydrogen-bond acceptors (Lipinski definition) is 1. The van der Waals surface area contributed by atoms with Crippen LogP contribution < -0.4 is 0 Å². The van der Waals surface area contributed by atoms with Crippen LogP contribution in [0.1, 0.15) is 12.5 Å². The molecule has 1 atom stereocenters. The van der Waals surface area contributed by atoms with Crippen LogP contribution in [0.25, 0.3) is 0 Å². The molecular formula is C10H11BrO. The lowest BCUT2D eigenvalue weighted by atomic mass is 9.97. The molecule has 0 heterocycles. The zero-order valence-electron chi connectivity index (χ0n) is 6.92. The van der Waals surface area contributed by atoms with Gasteiger partial charge in [0.2, 0.25) is 0 Å². The van der Waals surface area contributed by atoms with E-state index in [1.54, 1.807) is 6.92 Å². The van der Waals surface area contributed by atoms with Gasteiger partial charge in [0.25, 0.3) is 0 Å². The Morgan fingerprint density at radius 2 is 2.08 bits per heavy atom. The predicted octanol–water partition coefficient (Wildman–Crippen LogP) is 2.84. The molecule has 0 saturated carbocycles. The van der Waals surface area contributed by atoms with E-state index in [1.165, 1.54) is 6.08 Å². The van der Waals surface area contributed by atoms with Crippen LogP contribution in [0.4, 0.5) is 0 Å². The van der Waals surface area contributed by atoms with Gasteiger partial charge in [0.1, 0.15) is 5.60 Å². The SMILES string of the molecule is C=CC(C)(O)c1ccccc1Br. The molecule has 0 bridgehead atoms. The quantitative estimate of drug-likeness (QED) is 0.770. The normalized spacial score (nSPS) is 15.2. The molecule has 1 N–H and O–H groups in total. The first-order valence-corrected chi connectivity index (χ1v) is 4.48. The summed E-state index contributed by atoms with van der Waals surface area (Å²) < 4.78 is 0.898. The van der Waals surface area contributed by atoms with E-state index >= 15 is 0 Å². The predicted molar refractivity (Wildman–Crippen MR) is 53.9 cm³/mol. The molecule has 0 aliphatic heterocycles. The lowest BCUT2D eigenvalue weighted by Gasteiger charge is -2.20. The van der Waals surface area contributed by atoms with Gasteiger partial charge in [0, 0.05) is 10.0 Å². The molecule has 1 aromatic rings. The summed E-state index contributed by atoms with van der Waals surface area (Å²) in [4.78, 5) is 0. The summed E-state index contributed by atoms with van der Waals surface area (Å²) in [6.45, 7) is 5.29. The van der Waals surface area contributed by atoms with Gasteiger partial charge in [0.05, 0.1) is 0 Å². The summed E-state index contributed by atoms with van der Waals surface area (Å²) in [5.41, 5.74) is -0.125. The Hall–Kier alpha value is -0.600. The number of hydrogen-bond donors (Lipinski definition) is 1. The molecule has 1 unspecified atom stereocenters. The van der Waals surface area contributed by atoms with Gasteiger partial charge in [-0.1, -0.05) is 46.8 Å². The number of halogens is 1. The van der Waals surface area contributed by atoms with Gasteiger partial charge >= 0.3 is 0 Å². The largest absolute Gasteiger partial charge is 0.381 e. The highest BCUT2D eigenvalue weighted by Crippen LogP contribution is 2.28. The molecule has 64 valence electrons. The van der Waals surface area contributed by atoms with Crippen LogP contribution in [0.15, 0.2) is 41.4 Å². The number of rotatable bonds is 2. The molecule has 0 aliphatic rings. The first-order valence-electron chi connectivity index (χ1n) is 3.69. The molecule has 1 rings (SSSR count). The molecule has 0 aliphatic carbocycles. The van der Waals surface area contributed by atoms with Crippen molar-refractivity contribution in [3.05, 3.63) is 47.0 Å². The molecule has 0 saturated heterocycles. The molecule has 0 radical (unpaired) electrons. The van der Waals surface area contributed by atoms with Crippen molar-refractivity contribution in [1.29, 1.82) is 0 Å². The standard InChI is InChI=1S/C10H11BrO/c1-3-10(2,12)8-6-4-5-7-9(8)11/h3-7,12H,1H2,2H3. The van der Waals surface area contributed by atoms with Crippen molar-refractivity contribution in [2.24, 2.45) is 0 Å². The summed E-state index contributed by atoms with van der Waals surface area (Å²) in [6, 6.07) is 7.56. The highest BCUT2D eigenvalue weighted by molar-refractivity contribution is 9.10. The van der Waals surface area contributed by atoms with Gasteiger partial charge in [-0.25, -0.2) is 0 Å². The van der Waals surface area contributed by atoms with Crippen LogP contribution in [0.5, 0.6) is 0 Å². The Balaban J connectivity index is 3.19. The first kappa shape index (κ1) is 9.49. The van der Waals surface area contributed by atoms with Crippen molar-refractivity contribution in [3.8, 4) is 0 Å². The fourth-order valence-electron chi connectivity index (χ4n) is 0.982. The van der Waals surface area contributed by atoms with Crippen molar-refractivity contribution >= 4 is 15.9 Å². The minimum atomic E-state index is -0.958. The molecule has 0 spiro atoms. The molecule has 0 fully saturated rings. The first-order chi connectivity index (χ1) is 5.58. The molecule has 0 amide bonds. The van der Waals surface area contributed by atoms with Crippen LogP contribution in [-0.2, 0) is 5.60 Å². The van der Waals surface area contributed by atoms with Gasteiger partial charge in [-0.05, 0) is 13.0 Å². The van der Waals surface area contributed by atoms with Gasteiger partial charge in [0.15, 0.2) is 0 Å². The summed E-state index contributed by atoms with van der Waals surface area (Å²) in [7, 11) is 0. The van der Waals surface area contributed by atoms with Gasteiger partial charge < -0.3 is 5.11 Å². The lowest BCUT2D eigenvalue weighted by Crippen LogP contribution is -2.17. The van der Waals surface area contributed by atoms with Gasteiger partial charge in [-0.3, -0.25) is 0 Å². The van der Waals surface area contributed by atoms with E-state index in [1.807, 2.05) is 24.3 Å². The molecule has 12 heavy (non-hydrogen) atoms. The Labute approximate surface area is 80.9 Å². The van der Waals surface area contributed by atoms with Crippen molar-refractivity contribution < 1.29 is 5.11 Å². The molecule has 0 aromatic heterocycles. The highest BCUT2D eigenvalue weighted by atomic mass is 79.9. The Bertz CT molecular complexity index is 292. The lowest BCUT2D eigenvalue weighted by molar-refractivity contribution is 0.111. The third-order valence-electron chi connectivity index (χ3n) is 1.82. The summed E-state index contributed by atoms with van der Waals surface area (Å²) in [6.07, 6.45) is 1.52. The number of aliphatic hydroxyl groups is 1. The third-order valence-corrected chi connectivity index (χ3v) is 2.51. The number of benzene rings is 1. The van der Waals surface area contributed by atoms with Gasteiger partial charge in [-0.2, -0.15) is 0 Å². The maximum absolute atomic E-state index is 9.83. The van der Waals surface area contributed by atoms with Crippen LogP contribution in [0.2, 0.25) is 0 Å². The van der Waals surface area contributed by atoms with E-state index in [0.29, 0.717) is 0 Å². The van der Waals surface area contributed by atoms with Crippen molar-refractivity contribution in [3.63, 3.8) is 0 Å². The van der Waals surface area contributed by atoms with E-state index in [9.17, 15) is 5.11 Å². The van der Waals surface area contributed by atoms with Gasteiger partial charge in [-0.15, -0.1) is 0 Å². The molecular weight excluding hydrogens is 216 g/mol. The molecule has 1 nitrogen and oxygen atoms in total. The van der Waals surface area contributed by atoms with E-state index in [2.05, 4.69) is 22.5 Å². The monoisotopic (exact) mass is 226 g/mol. The fourth-order valence-corrected chi connectivity index (χ4v) is 1.67. The zero-order chi connectivity index (χ0) is 9.19. The maximum Gasteiger partial charge on any atom is 0.106 e. The molecule has 2 heteroatoms. The van der Waals surface area contributed by atoms with Crippen LogP contribution in [0, 0.1) is 0 Å². The fraction of sp³-hybridized carbons (Fsp3) is 0.200. The average Bonchev–Trinajstić information content (AvgIpc) is 2.05. The summed E-state index contributed by atoms with van der Waals surface area (Å²) in [5, 5.41) is 9.83. The molecule has 1 aromatic carbocycles. The Kier molecular flexibility index (Phi) is 2.70. The summed E-state index contributed by atoms with van der Waals surface area (Å²) >= 11 is 3.37. The Morgan fingerprint density at radius 1 is 1.50 bits per heavy atom.